The van der Waals surface area contributed by atoms with Gasteiger partial charge in [-0.05, 0) is 12.5 Å². The Labute approximate surface area is 128 Å². The molecule has 0 radical (unpaired) electrons. The molecule has 0 saturated carbocycles. The molecule has 0 unspecified atom stereocenters. The number of aromatic nitrogens is 2. The molecule has 5 heteroatoms. The van der Waals surface area contributed by atoms with Crippen molar-refractivity contribution in [3.05, 3.63) is 28.9 Å². The van der Waals surface area contributed by atoms with Crippen molar-refractivity contribution in [2.24, 2.45) is 0 Å². The van der Waals surface area contributed by atoms with E-state index in [2.05, 4.69) is 34.8 Å². The molecule has 3 nitrogen and oxygen atoms in total. The van der Waals surface area contributed by atoms with Gasteiger partial charge in [-0.2, -0.15) is 0 Å². The van der Waals surface area contributed by atoms with Crippen LogP contribution in [0.25, 0.3) is 11.3 Å². The van der Waals surface area contributed by atoms with E-state index in [0.717, 1.165) is 31.5 Å². The summed E-state index contributed by atoms with van der Waals surface area (Å²) in [6.45, 7) is 3.29. The molecule has 0 saturated heterocycles. The first-order chi connectivity index (χ1) is 8.29. The summed E-state index contributed by atoms with van der Waals surface area (Å²) in [5, 5.41) is 0.689. The molecule has 18 heavy (non-hydrogen) atoms. The number of nitrogen functional groups attached to an aromatic ring is 1. The molecule has 3 rings (SSSR count). The summed E-state index contributed by atoms with van der Waals surface area (Å²) < 4.78 is 2.35. The number of fused-ring (bicyclic) bond motifs is 3. The maximum atomic E-state index is 5.81. The third kappa shape index (κ3) is 2.25. The van der Waals surface area contributed by atoms with Crippen LogP contribution in [0.15, 0.2) is 18.3 Å². The SMILES string of the molecule is CCC[n+]1cccc2c1CCc1sc(N)nc1-2.[I-]. The lowest BCUT2D eigenvalue weighted by atomic mass is 9.98. The molecule has 0 aliphatic heterocycles. The van der Waals surface area contributed by atoms with E-state index in [0.29, 0.717) is 5.13 Å². The summed E-state index contributed by atoms with van der Waals surface area (Å²) in [6.07, 6.45) is 5.51. The van der Waals surface area contributed by atoms with Crippen molar-refractivity contribution in [3.8, 4) is 11.3 Å². The maximum absolute atomic E-state index is 5.81. The average molecular weight is 373 g/mol. The van der Waals surface area contributed by atoms with Gasteiger partial charge in [-0.1, -0.05) is 6.92 Å². The first-order valence-electron chi connectivity index (χ1n) is 6.06. The number of thiazole rings is 1. The lowest BCUT2D eigenvalue weighted by molar-refractivity contribution is -0.703. The summed E-state index contributed by atoms with van der Waals surface area (Å²) in [5.41, 5.74) is 9.61. The number of rotatable bonds is 2. The van der Waals surface area contributed by atoms with Gasteiger partial charge in [-0.3, -0.25) is 0 Å². The van der Waals surface area contributed by atoms with Gasteiger partial charge in [0, 0.05) is 23.8 Å². The molecule has 0 atom stereocenters. The summed E-state index contributed by atoms with van der Waals surface area (Å²) in [6, 6.07) is 4.28. The van der Waals surface area contributed by atoms with Gasteiger partial charge in [0.1, 0.15) is 6.54 Å². The molecule has 0 aromatic carbocycles. The van der Waals surface area contributed by atoms with Gasteiger partial charge in [0.2, 0.25) is 0 Å². The van der Waals surface area contributed by atoms with Gasteiger partial charge < -0.3 is 29.7 Å². The average Bonchev–Trinajstić information content (AvgIpc) is 2.70. The highest BCUT2D eigenvalue weighted by Gasteiger charge is 2.26. The number of anilines is 1. The number of pyridine rings is 1. The zero-order valence-corrected chi connectivity index (χ0v) is 13.3. The quantitative estimate of drug-likeness (QED) is 0.553. The standard InChI is InChI=1S/C13H16N3S.HI/c1-2-7-16-8-3-4-9-10(16)5-6-11-12(9)15-13(14)17-11;/h3-4,8H,2,5-7H2,1H3,(H2,14,15);1H/q+1;/p-1. The summed E-state index contributed by atoms with van der Waals surface area (Å²) in [5.74, 6) is 0. The normalized spacial score (nSPS) is 12.5. The van der Waals surface area contributed by atoms with Crippen LogP contribution in [0.2, 0.25) is 0 Å². The first-order valence-corrected chi connectivity index (χ1v) is 6.88. The predicted octanol–water partition coefficient (Wildman–Crippen LogP) is -0.808. The van der Waals surface area contributed by atoms with E-state index < -0.39 is 0 Å². The van der Waals surface area contributed by atoms with Crippen molar-refractivity contribution in [1.82, 2.24) is 4.98 Å². The molecule has 2 N–H and O–H groups in total. The summed E-state index contributed by atoms with van der Waals surface area (Å²) in [4.78, 5) is 5.81. The van der Waals surface area contributed by atoms with Crippen LogP contribution >= 0.6 is 11.3 Å². The number of nitrogens with two attached hydrogens (primary N) is 1. The molecule has 2 aromatic rings. The fourth-order valence-electron chi connectivity index (χ4n) is 2.51. The van der Waals surface area contributed by atoms with E-state index in [9.17, 15) is 0 Å². The van der Waals surface area contributed by atoms with E-state index in [4.69, 9.17) is 5.73 Å². The second-order valence-electron chi connectivity index (χ2n) is 4.39. The van der Waals surface area contributed by atoms with Gasteiger partial charge in [0.15, 0.2) is 17.0 Å². The second-order valence-corrected chi connectivity index (χ2v) is 5.50. The fourth-order valence-corrected chi connectivity index (χ4v) is 3.36. The molecule has 1 aliphatic carbocycles. The number of aryl methyl sites for hydroxylation is 2. The molecule has 0 spiro atoms. The summed E-state index contributed by atoms with van der Waals surface area (Å²) in [7, 11) is 0. The Bertz CT molecular complexity index is 565. The number of halogens is 1. The number of hydrogen-bond donors (Lipinski definition) is 1. The molecular formula is C13H16IN3S. The minimum atomic E-state index is 0. The summed E-state index contributed by atoms with van der Waals surface area (Å²) >= 11 is 1.63. The van der Waals surface area contributed by atoms with Crippen LogP contribution < -0.4 is 34.3 Å². The monoisotopic (exact) mass is 373 g/mol. The molecule has 2 heterocycles. The van der Waals surface area contributed by atoms with Crippen LogP contribution in [0.3, 0.4) is 0 Å². The van der Waals surface area contributed by atoms with Crippen molar-refractivity contribution in [2.75, 3.05) is 5.73 Å². The van der Waals surface area contributed by atoms with Crippen LogP contribution in [0, 0.1) is 0 Å². The molecule has 0 fully saturated rings. The lowest BCUT2D eigenvalue weighted by Crippen LogP contribution is -3.00. The van der Waals surface area contributed by atoms with Gasteiger partial charge in [-0.15, -0.1) is 11.3 Å². The Hall–Kier alpha value is -0.690. The Balaban J connectivity index is 0.00000120. The highest BCUT2D eigenvalue weighted by Crippen LogP contribution is 2.35. The van der Waals surface area contributed by atoms with Gasteiger partial charge in [0.25, 0.3) is 0 Å². The van der Waals surface area contributed by atoms with E-state index >= 15 is 0 Å². The zero-order chi connectivity index (χ0) is 11.8. The van der Waals surface area contributed by atoms with Gasteiger partial charge >= 0.3 is 0 Å². The Morgan fingerprint density at radius 3 is 3.06 bits per heavy atom. The minimum Gasteiger partial charge on any atom is -1.00 e. The van der Waals surface area contributed by atoms with Crippen LogP contribution in [0.1, 0.15) is 23.9 Å². The van der Waals surface area contributed by atoms with E-state index in [1.165, 1.54) is 16.1 Å². The molecule has 96 valence electrons. The second kappa shape index (κ2) is 5.52. The van der Waals surface area contributed by atoms with Crippen molar-refractivity contribution >= 4 is 16.5 Å². The molecule has 2 aromatic heterocycles. The molecular weight excluding hydrogens is 357 g/mol. The number of hydrogen-bond acceptors (Lipinski definition) is 3. The Morgan fingerprint density at radius 2 is 2.28 bits per heavy atom. The largest absolute Gasteiger partial charge is 1.00 e. The third-order valence-corrected chi connectivity index (χ3v) is 4.15. The third-order valence-electron chi connectivity index (χ3n) is 3.21. The minimum absolute atomic E-state index is 0. The topological polar surface area (TPSA) is 42.8 Å². The van der Waals surface area contributed by atoms with Crippen LogP contribution in [-0.2, 0) is 19.4 Å². The Morgan fingerprint density at radius 1 is 1.44 bits per heavy atom. The fraction of sp³-hybridized carbons (Fsp3) is 0.385. The zero-order valence-electron chi connectivity index (χ0n) is 10.3. The lowest BCUT2D eigenvalue weighted by Gasteiger charge is -2.13. The van der Waals surface area contributed by atoms with E-state index in [1.807, 2.05) is 0 Å². The van der Waals surface area contributed by atoms with Crippen molar-refractivity contribution in [2.45, 2.75) is 32.7 Å². The van der Waals surface area contributed by atoms with E-state index in [1.54, 1.807) is 11.3 Å². The van der Waals surface area contributed by atoms with Gasteiger partial charge in [-0.25, -0.2) is 9.55 Å². The van der Waals surface area contributed by atoms with Crippen LogP contribution in [-0.4, -0.2) is 4.98 Å². The maximum Gasteiger partial charge on any atom is 0.191 e. The molecule has 0 amide bonds. The first kappa shape index (κ1) is 13.7. The molecule has 1 aliphatic rings. The number of nitrogens with zero attached hydrogens (tertiary/aromatic N) is 2. The van der Waals surface area contributed by atoms with Crippen molar-refractivity contribution in [1.29, 1.82) is 0 Å². The van der Waals surface area contributed by atoms with Crippen molar-refractivity contribution in [3.63, 3.8) is 0 Å². The smallest absolute Gasteiger partial charge is 0.191 e. The predicted molar refractivity (Wildman–Crippen MR) is 69.9 cm³/mol. The molecule has 0 bridgehead atoms. The highest BCUT2D eigenvalue weighted by molar-refractivity contribution is 7.15. The van der Waals surface area contributed by atoms with Crippen LogP contribution in [0.4, 0.5) is 5.13 Å². The Kier molecular flexibility index (Phi) is 4.21. The van der Waals surface area contributed by atoms with Crippen molar-refractivity contribution < 1.29 is 28.5 Å². The van der Waals surface area contributed by atoms with Gasteiger partial charge in [0.05, 0.1) is 11.3 Å². The van der Waals surface area contributed by atoms with Crippen LogP contribution in [0.5, 0.6) is 0 Å². The highest BCUT2D eigenvalue weighted by atomic mass is 127. The van der Waals surface area contributed by atoms with E-state index in [-0.39, 0.29) is 24.0 Å².